The lowest BCUT2D eigenvalue weighted by molar-refractivity contribution is -0.121. The summed E-state index contributed by atoms with van der Waals surface area (Å²) in [6, 6.07) is -0.193. The zero-order valence-electron chi connectivity index (χ0n) is 12.7. The molecule has 2 N–H and O–H groups in total. The van der Waals surface area contributed by atoms with Gasteiger partial charge in [-0.1, -0.05) is 0 Å². The smallest absolute Gasteiger partial charge is 0.241 e. The first kappa shape index (κ1) is 15.0. The molecule has 1 aliphatic rings. The Morgan fingerprint density at radius 2 is 2.00 bits per heavy atom. The summed E-state index contributed by atoms with van der Waals surface area (Å²) in [5, 5.41) is 16.8. The van der Waals surface area contributed by atoms with E-state index in [4.69, 9.17) is 0 Å². The van der Waals surface area contributed by atoms with Crippen LogP contribution in [0.4, 0.5) is 5.69 Å². The van der Waals surface area contributed by atoms with E-state index in [1.165, 1.54) is 0 Å². The summed E-state index contributed by atoms with van der Waals surface area (Å²) in [7, 11) is 1.87. The predicted octanol–water partition coefficient (Wildman–Crippen LogP) is 0.821. The van der Waals surface area contributed by atoms with E-state index in [0.717, 1.165) is 43.0 Å². The summed E-state index contributed by atoms with van der Waals surface area (Å²) >= 11 is 0. The predicted molar refractivity (Wildman–Crippen MR) is 77.6 cm³/mol. The van der Waals surface area contributed by atoms with Crippen LogP contribution in [-0.4, -0.2) is 50.9 Å². The molecule has 2 heterocycles. The molecule has 1 fully saturated rings. The number of amides is 1. The molecular weight excluding hydrogens is 256 g/mol. The van der Waals surface area contributed by atoms with Crippen LogP contribution in [-0.2, 0) is 11.8 Å². The monoisotopic (exact) mass is 280 g/mol. The van der Waals surface area contributed by atoms with E-state index in [-0.39, 0.29) is 18.1 Å². The van der Waals surface area contributed by atoms with E-state index in [2.05, 4.69) is 15.3 Å². The fraction of sp³-hybridized carbons (Fsp3) is 0.714. The fourth-order valence-corrected chi connectivity index (χ4v) is 2.62. The Hall–Kier alpha value is -1.40. The maximum atomic E-state index is 12.4. The van der Waals surface area contributed by atoms with E-state index in [0.29, 0.717) is 0 Å². The SMILES string of the molecule is Cc1nn(C)c(C)c1NC(=O)C(C)N1CCC(O)CC1. The minimum Gasteiger partial charge on any atom is -0.393 e. The summed E-state index contributed by atoms with van der Waals surface area (Å²) in [5.41, 5.74) is 2.60. The number of aliphatic hydroxyl groups is 1. The average Bonchev–Trinajstić information content (AvgIpc) is 2.65. The van der Waals surface area contributed by atoms with Gasteiger partial charge in [0.25, 0.3) is 0 Å². The number of carbonyl (C=O) groups excluding carboxylic acids is 1. The molecule has 1 amide bonds. The number of hydrogen-bond donors (Lipinski definition) is 2. The van der Waals surface area contributed by atoms with Gasteiger partial charge in [0.2, 0.25) is 5.91 Å². The van der Waals surface area contributed by atoms with Crippen LogP contribution in [0.25, 0.3) is 0 Å². The van der Waals surface area contributed by atoms with Crippen molar-refractivity contribution in [3.05, 3.63) is 11.4 Å². The fourth-order valence-electron chi connectivity index (χ4n) is 2.62. The minimum atomic E-state index is -0.218. The largest absolute Gasteiger partial charge is 0.393 e. The highest BCUT2D eigenvalue weighted by molar-refractivity contribution is 5.95. The van der Waals surface area contributed by atoms with Gasteiger partial charge in [0.1, 0.15) is 0 Å². The lowest BCUT2D eigenvalue weighted by atomic mass is 10.1. The number of nitrogens with one attached hydrogen (secondary N) is 1. The summed E-state index contributed by atoms with van der Waals surface area (Å²) in [6.45, 7) is 7.28. The van der Waals surface area contributed by atoms with Crippen LogP contribution in [0.2, 0.25) is 0 Å². The maximum Gasteiger partial charge on any atom is 0.241 e. The number of nitrogens with zero attached hydrogens (tertiary/aromatic N) is 3. The molecule has 6 nitrogen and oxygen atoms in total. The lowest BCUT2D eigenvalue weighted by Gasteiger charge is -2.33. The summed E-state index contributed by atoms with van der Waals surface area (Å²) in [5.74, 6) is -0.0133. The van der Waals surface area contributed by atoms with Gasteiger partial charge >= 0.3 is 0 Å². The van der Waals surface area contributed by atoms with Gasteiger partial charge in [-0.3, -0.25) is 14.4 Å². The highest BCUT2D eigenvalue weighted by Crippen LogP contribution is 2.20. The normalized spacial score (nSPS) is 19.1. The van der Waals surface area contributed by atoms with Gasteiger partial charge in [0, 0.05) is 20.1 Å². The number of piperidine rings is 1. The van der Waals surface area contributed by atoms with Crippen molar-refractivity contribution in [2.75, 3.05) is 18.4 Å². The molecule has 0 saturated carbocycles. The first-order chi connectivity index (χ1) is 9.40. The Labute approximate surface area is 119 Å². The molecule has 1 aromatic heterocycles. The average molecular weight is 280 g/mol. The van der Waals surface area contributed by atoms with Gasteiger partial charge in [-0.2, -0.15) is 5.10 Å². The summed E-state index contributed by atoms with van der Waals surface area (Å²) in [6.07, 6.45) is 1.26. The molecule has 0 spiro atoms. The van der Waals surface area contributed by atoms with Crippen molar-refractivity contribution < 1.29 is 9.90 Å². The molecule has 20 heavy (non-hydrogen) atoms. The van der Waals surface area contributed by atoms with E-state index >= 15 is 0 Å². The molecule has 6 heteroatoms. The minimum absolute atomic E-state index is 0.0133. The molecule has 112 valence electrons. The van der Waals surface area contributed by atoms with Crippen molar-refractivity contribution >= 4 is 11.6 Å². The lowest BCUT2D eigenvalue weighted by Crippen LogP contribution is -2.47. The van der Waals surface area contributed by atoms with Crippen LogP contribution in [0.15, 0.2) is 0 Å². The number of carbonyl (C=O) groups is 1. The van der Waals surface area contributed by atoms with Crippen LogP contribution in [0.5, 0.6) is 0 Å². The van der Waals surface area contributed by atoms with Crippen LogP contribution >= 0.6 is 0 Å². The third-order valence-electron chi connectivity index (χ3n) is 4.18. The van der Waals surface area contributed by atoms with Gasteiger partial charge < -0.3 is 10.4 Å². The number of anilines is 1. The van der Waals surface area contributed by atoms with E-state index < -0.39 is 0 Å². The molecule has 1 unspecified atom stereocenters. The highest BCUT2D eigenvalue weighted by atomic mass is 16.3. The number of aliphatic hydroxyl groups excluding tert-OH is 1. The molecule has 1 saturated heterocycles. The molecule has 0 aromatic carbocycles. The molecule has 1 atom stereocenters. The second-order valence-electron chi connectivity index (χ2n) is 5.60. The van der Waals surface area contributed by atoms with Crippen molar-refractivity contribution in [1.29, 1.82) is 0 Å². The van der Waals surface area contributed by atoms with Gasteiger partial charge in [0.15, 0.2) is 0 Å². The van der Waals surface area contributed by atoms with E-state index in [9.17, 15) is 9.90 Å². The van der Waals surface area contributed by atoms with Crippen LogP contribution < -0.4 is 5.32 Å². The number of likely N-dealkylation sites (tertiary alicyclic amines) is 1. The van der Waals surface area contributed by atoms with Crippen molar-refractivity contribution in [2.24, 2.45) is 7.05 Å². The summed E-state index contributed by atoms with van der Waals surface area (Å²) < 4.78 is 1.77. The molecule has 0 bridgehead atoms. The third kappa shape index (κ3) is 3.02. The number of hydrogen-bond acceptors (Lipinski definition) is 4. The second kappa shape index (κ2) is 5.93. The molecular formula is C14H24N4O2. The first-order valence-electron chi connectivity index (χ1n) is 7.13. The van der Waals surface area contributed by atoms with Crippen molar-refractivity contribution in [3.63, 3.8) is 0 Å². The molecule has 1 aromatic rings. The van der Waals surface area contributed by atoms with Gasteiger partial charge in [-0.25, -0.2) is 0 Å². The Balaban J connectivity index is 2.01. The molecule has 2 rings (SSSR count). The van der Waals surface area contributed by atoms with Crippen molar-refractivity contribution in [3.8, 4) is 0 Å². The zero-order valence-corrected chi connectivity index (χ0v) is 12.7. The third-order valence-corrected chi connectivity index (χ3v) is 4.18. The molecule has 0 aliphatic carbocycles. The second-order valence-corrected chi connectivity index (χ2v) is 5.60. The number of rotatable bonds is 3. The standard InChI is InChI=1S/C14H24N4O2/c1-9-13(10(2)17(4)16-9)15-14(20)11(3)18-7-5-12(19)6-8-18/h11-12,19H,5-8H2,1-4H3,(H,15,20). The van der Waals surface area contributed by atoms with E-state index in [1.54, 1.807) is 4.68 Å². The molecule has 0 radical (unpaired) electrons. The number of aromatic nitrogens is 2. The number of aryl methyl sites for hydroxylation is 2. The Morgan fingerprint density at radius 3 is 2.50 bits per heavy atom. The molecule has 1 aliphatic heterocycles. The van der Waals surface area contributed by atoms with Crippen LogP contribution in [0, 0.1) is 13.8 Å². The van der Waals surface area contributed by atoms with Gasteiger partial charge in [0.05, 0.1) is 29.2 Å². The Kier molecular flexibility index (Phi) is 4.45. The zero-order chi connectivity index (χ0) is 14.9. The van der Waals surface area contributed by atoms with Crippen molar-refractivity contribution in [2.45, 2.75) is 45.8 Å². The highest BCUT2D eigenvalue weighted by Gasteiger charge is 2.26. The summed E-state index contributed by atoms with van der Waals surface area (Å²) in [4.78, 5) is 14.5. The quantitative estimate of drug-likeness (QED) is 0.860. The van der Waals surface area contributed by atoms with Gasteiger partial charge in [-0.05, 0) is 33.6 Å². The maximum absolute atomic E-state index is 12.4. The Morgan fingerprint density at radius 1 is 1.40 bits per heavy atom. The van der Waals surface area contributed by atoms with Crippen LogP contribution in [0.3, 0.4) is 0 Å². The first-order valence-corrected chi connectivity index (χ1v) is 7.13. The van der Waals surface area contributed by atoms with Crippen LogP contribution in [0.1, 0.15) is 31.2 Å². The van der Waals surface area contributed by atoms with Crippen molar-refractivity contribution in [1.82, 2.24) is 14.7 Å². The Bertz CT molecular complexity index is 490. The topological polar surface area (TPSA) is 70.4 Å². The van der Waals surface area contributed by atoms with Gasteiger partial charge in [-0.15, -0.1) is 0 Å². The van der Waals surface area contributed by atoms with E-state index in [1.807, 2.05) is 27.8 Å².